The third-order valence-electron chi connectivity index (χ3n) is 2.70. The highest BCUT2D eigenvalue weighted by Crippen LogP contribution is 2.04. The number of aryl methyl sites for hydroxylation is 1. The number of nitrogens with one attached hydrogen (secondary N) is 1. The molecule has 0 saturated heterocycles. The minimum absolute atomic E-state index is 0.0320. The quantitative estimate of drug-likeness (QED) is 0.805. The molecule has 0 radical (unpaired) electrons. The molecule has 0 fully saturated rings. The minimum atomic E-state index is -0.599. The van der Waals surface area contributed by atoms with Crippen molar-refractivity contribution in [3.8, 4) is 0 Å². The van der Waals surface area contributed by atoms with Crippen LogP contribution in [-0.4, -0.2) is 27.0 Å². The molecule has 2 aromatic rings. The van der Waals surface area contributed by atoms with Gasteiger partial charge in [-0.25, -0.2) is 9.37 Å². The van der Waals surface area contributed by atoms with E-state index in [9.17, 15) is 9.18 Å². The molecule has 0 aliphatic heterocycles. The summed E-state index contributed by atoms with van der Waals surface area (Å²) in [6, 6.07) is 1.37. The molecule has 2 aromatic heterocycles. The van der Waals surface area contributed by atoms with Gasteiger partial charge in [-0.2, -0.15) is 0 Å². The van der Waals surface area contributed by atoms with Gasteiger partial charge in [-0.1, -0.05) is 0 Å². The monoisotopic (exact) mass is 262 g/mol. The van der Waals surface area contributed by atoms with E-state index in [1.807, 2.05) is 10.8 Å². The van der Waals surface area contributed by atoms with E-state index in [4.69, 9.17) is 0 Å². The van der Waals surface area contributed by atoms with Gasteiger partial charge in [0, 0.05) is 31.7 Å². The zero-order valence-electron chi connectivity index (χ0n) is 10.4. The van der Waals surface area contributed by atoms with Crippen molar-refractivity contribution in [3.05, 3.63) is 48.6 Å². The molecule has 0 aromatic carbocycles. The Hall–Kier alpha value is -2.24. The lowest BCUT2D eigenvalue weighted by Gasteiger charge is -2.06. The number of unbranched alkanes of at least 4 members (excludes halogenated alkanes) is 1. The van der Waals surface area contributed by atoms with E-state index in [1.165, 1.54) is 12.3 Å². The largest absolute Gasteiger partial charge is 0.352 e. The number of carbonyl (C=O) groups is 1. The van der Waals surface area contributed by atoms with E-state index in [2.05, 4.69) is 15.3 Å². The summed E-state index contributed by atoms with van der Waals surface area (Å²) in [4.78, 5) is 19.2. The van der Waals surface area contributed by atoms with Crippen LogP contribution in [0.15, 0.2) is 37.2 Å². The van der Waals surface area contributed by atoms with Crippen LogP contribution in [0.3, 0.4) is 0 Å². The van der Waals surface area contributed by atoms with Gasteiger partial charge in [0.15, 0.2) is 5.82 Å². The summed E-state index contributed by atoms with van der Waals surface area (Å²) in [6.45, 7) is 1.38. The molecule has 100 valence electrons. The summed E-state index contributed by atoms with van der Waals surface area (Å²) < 4.78 is 15.2. The fourth-order valence-electron chi connectivity index (χ4n) is 1.69. The number of pyridine rings is 1. The number of rotatable bonds is 6. The molecule has 0 saturated carbocycles. The van der Waals surface area contributed by atoms with Crippen molar-refractivity contribution in [3.63, 3.8) is 0 Å². The first kappa shape index (κ1) is 13.2. The topological polar surface area (TPSA) is 59.8 Å². The second kappa shape index (κ2) is 6.63. The Kier molecular flexibility index (Phi) is 4.60. The third kappa shape index (κ3) is 3.87. The maximum Gasteiger partial charge on any atom is 0.254 e. The van der Waals surface area contributed by atoms with Crippen molar-refractivity contribution in [2.75, 3.05) is 6.54 Å². The van der Waals surface area contributed by atoms with Crippen LogP contribution < -0.4 is 5.32 Å². The van der Waals surface area contributed by atoms with E-state index in [1.54, 1.807) is 12.5 Å². The Labute approximate surface area is 110 Å². The van der Waals surface area contributed by atoms with Crippen LogP contribution in [0.4, 0.5) is 4.39 Å². The van der Waals surface area contributed by atoms with Crippen LogP contribution >= 0.6 is 0 Å². The van der Waals surface area contributed by atoms with Crippen molar-refractivity contribution >= 4 is 5.91 Å². The second-order valence-electron chi connectivity index (χ2n) is 4.12. The van der Waals surface area contributed by atoms with Gasteiger partial charge in [0.05, 0.1) is 18.1 Å². The first-order chi connectivity index (χ1) is 9.27. The molecule has 1 N–H and O–H groups in total. The van der Waals surface area contributed by atoms with E-state index >= 15 is 0 Å². The molecule has 5 nitrogen and oxygen atoms in total. The number of amides is 1. The highest BCUT2D eigenvalue weighted by atomic mass is 19.1. The lowest BCUT2D eigenvalue weighted by atomic mass is 10.2. The van der Waals surface area contributed by atoms with Crippen LogP contribution in [0.5, 0.6) is 0 Å². The maximum absolute atomic E-state index is 13.3. The van der Waals surface area contributed by atoms with E-state index < -0.39 is 11.7 Å². The molecule has 0 bridgehead atoms. The van der Waals surface area contributed by atoms with Gasteiger partial charge in [0.2, 0.25) is 0 Å². The first-order valence-electron chi connectivity index (χ1n) is 6.11. The third-order valence-corrected chi connectivity index (χ3v) is 2.70. The fraction of sp³-hybridized carbons (Fsp3) is 0.308. The Balaban J connectivity index is 1.68. The molecule has 0 unspecified atom stereocenters. The molecular weight excluding hydrogens is 247 g/mol. The molecule has 19 heavy (non-hydrogen) atoms. The van der Waals surface area contributed by atoms with E-state index in [0.29, 0.717) is 6.54 Å². The van der Waals surface area contributed by atoms with Crippen LogP contribution in [0, 0.1) is 5.82 Å². The van der Waals surface area contributed by atoms with Crippen molar-refractivity contribution in [1.82, 2.24) is 19.9 Å². The normalized spacial score (nSPS) is 10.4. The Morgan fingerprint density at radius 1 is 1.32 bits per heavy atom. The van der Waals surface area contributed by atoms with E-state index in [0.717, 1.165) is 25.6 Å². The number of hydrogen-bond donors (Lipinski definition) is 1. The van der Waals surface area contributed by atoms with E-state index in [-0.39, 0.29) is 5.56 Å². The van der Waals surface area contributed by atoms with Gasteiger partial charge >= 0.3 is 0 Å². The zero-order valence-corrected chi connectivity index (χ0v) is 10.4. The average Bonchev–Trinajstić information content (AvgIpc) is 2.92. The van der Waals surface area contributed by atoms with Gasteiger partial charge in [-0.15, -0.1) is 0 Å². The molecule has 0 aliphatic rings. The summed E-state index contributed by atoms with van der Waals surface area (Å²) in [7, 11) is 0. The standard InChI is InChI=1S/C13H15FN4O/c14-12-9-15-5-3-11(12)13(19)17-4-1-2-7-18-8-6-16-10-18/h3,5-6,8-10H,1-2,4,7H2,(H,17,19). The minimum Gasteiger partial charge on any atom is -0.352 e. The number of hydrogen-bond acceptors (Lipinski definition) is 3. The molecule has 2 heterocycles. The smallest absolute Gasteiger partial charge is 0.254 e. The second-order valence-corrected chi connectivity index (χ2v) is 4.12. The zero-order chi connectivity index (χ0) is 13.5. The molecule has 2 rings (SSSR count). The highest BCUT2D eigenvalue weighted by Gasteiger charge is 2.09. The highest BCUT2D eigenvalue weighted by molar-refractivity contribution is 5.94. The van der Waals surface area contributed by atoms with Crippen molar-refractivity contribution < 1.29 is 9.18 Å². The number of aromatic nitrogens is 3. The van der Waals surface area contributed by atoms with Crippen molar-refractivity contribution in [1.29, 1.82) is 0 Å². The predicted molar refractivity (Wildman–Crippen MR) is 68.0 cm³/mol. The van der Waals surface area contributed by atoms with Crippen molar-refractivity contribution in [2.45, 2.75) is 19.4 Å². The molecule has 1 amide bonds. The first-order valence-corrected chi connectivity index (χ1v) is 6.11. The number of carbonyl (C=O) groups excluding carboxylic acids is 1. The van der Waals surface area contributed by atoms with Gasteiger partial charge in [0.1, 0.15) is 0 Å². The summed E-state index contributed by atoms with van der Waals surface area (Å²) in [5, 5.41) is 2.69. The van der Waals surface area contributed by atoms with Gasteiger partial charge < -0.3 is 9.88 Å². The molecular formula is C13H15FN4O. The molecule has 0 aliphatic carbocycles. The SMILES string of the molecule is O=C(NCCCCn1ccnc1)c1ccncc1F. The number of imidazole rings is 1. The van der Waals surface area contributed by atoms with Crippen LogP contribution in [0.25, 0.3) is 0 Å². The van der Waals surface area contributed by atoms with Crippen molar-refractivity contribution in [2.24, 2.45) is 0 Å². The lowest BCUT2D eigenvalue weighted by Crippen LogP contribution is -2.25. The summed E-state index contributed by atoms with van der Waals surface area (Å²) in [6.07, 6.45) is 9.57. The lowest BCUT2D eigenvalue weighted by molar-refractivity contribution is 0.0948. The Morgan fingerprint density at radius 3 is 2.95 bits per heavy atom. The summed E-state index contributed by atoms with van der Waals surface area (Å²) in [5.74, 6) is -0.999. The Morgan fingerprint density at radius 2 is 2.21 bits per heavy atom. The van der Waals surface area contributed by atoms with Crippen LogP contribution in [0.1, 0.15) is 23.2 Å². The number of nitrogens with zero attached hydrogens (tertiary/aromatic N) is 3. The molecule has 0 atom stereocenters. The van der Waals surface area contributed by atoms with Crippen LogP contribution in [0.2, 0.25) is 0 Å². The van der Waals surface area contributed by atoms with Crippen LogP contribution in [-0.2, 0) is 6.54 Å². The summed E-state index contributed by atoms with van der Waals surface area (Å²) in [5.41, 5.74) is 0.0320. The molecule has 6 heteroatoms. The van der Waals surface area contributed by atoms with Gasteiger partial charge in [-0.3, -0.25) is 9.78 Å². The average molecular weight is 262 g/mol. The van der Waals surface area contributed by atoms with Gasteiger partial charge in [0.25, 0.3) is 5.91 Å². The summed E-state index contributed by atoms with van der Waals surface area (Å²) >= 11 is 0. The Bertz CT molecular complexity index is 527. The fourth-order valence-corrected chi connectivity index (χ4v) is 1.69. The maximum atomic E-state index is 13.3. The predicted octanol–water partition coefficient (Wildman–Crippen LogP) is 1.63. The number of halogens is 1. The molecule has 0 spiro atoms. The van der Waals surface area contributed by atoms with Gasteiger partial charge in [-0.05, 0) is 18.9 Å².